The zero-order chi connectivity index (χ0) is 12.0. The Morgan fingerprint density at radius 1 is 1.19 bits per heavy atom. The first kappa shape index (κ1) is 14.3. The second kappa shape index (κ2) is 6.88. The van der Waals surface area contributed by atoms with Gasteiger partial charge in [0, 0.05) is 33.1 Å². The lowest BCUT2D eigenvalue weighted by molar-refractivity contribution is 0.115. The minimum Gasteiger partial charge on any atom is -0.420 e. The van der Waals surface area contributed by atoms with Crippen molar-refractivity contribution in [3.63, 3.8) is 0 Å². The van der Waals surface area contributed by atoms with Crippen LogP contribution < -0.4 is 0 Å². The number of hydrogen-bond donors (Lipinski definition) is 0. The van der Waals surface area contributed by atoms with E-state index in [0.29, 0.717) is 5.16 Å². The topological polar surface area (TPSA) is 36.9 Å². The van der Waals surface area contributed by atoms with Gasteiger partial charge in [0.2, 0.25) is 0 Å². The average molecular weight is 264 g/mol. The summed E-state index contributed by atoms with van der Waals surface area (Å²) in [6.07, 6.45) is 3.51. The second-order valence-corrected chi connectivity index (χ2v) is 10.8. The molecule has 2 atom stereocenters. The van der Waals surface area contributed by atoms with Crippen LogP contribution in [0.4, 0.5) is 0 Å². The van der Waals surface area contributed by atoms with Crippen LogP contribution in [0, 0.1) is 0 Å². The summed E-state index contributed by atoms with van der Waals surface area (Å²) in [5.41, 5.74) is 0. The SMILES string of the molecule is CCC([SiH]1CCCCO1)[Si](OC)(OC)OC. The van der Waals surface area contributed by atoms with Crippen molar-refractivity contribution in [3.8, 4) is 0 Å². The van der Waals surface area contributed by atoms with E-state index in [0.717, 1.165) is 13.0 Å². The van der Waals surface area contributed by atoms with Gasteiger partial charge in [-0.2, -0.15) is 0 Å². The molecule has 16 heavy (non-hydrogen) atoms. The van der Waals surface area contributed by atoms with Crippen molar-refractivity contribution < 1.29 is 17.7 Å². The molecule has 6 heteroatoms. The van der Waals surface area contributed by atoms with Crippen LogP contribution in [0.1, 0.15) is 26.2 Å². The van der Waals surface area contributed by atoms with Crippen LogP contribution in [0.5, 0.6) is 0 Å². The maximum atomic E-state index is 5.98. The van der Waals surface area contributed by atoms with Gasteiger partial charge in [-0.05, 0) is 18.9 Å². The number of hydrogen-bond acceptors (Lipinski definition) is 4. The fourth-order valence-corrected chi connectivity index (χ4v) is 10.8. The minimum atomic E-state index is -2.50. The molecular weight excluding hydrogens is 240 g/mol. The van der Waals surface area contributed by atoms with Crippen molar-refractivity contribution >= 4 is 17.8 Å². The molecule has 0 aliphatic carbocycles. The van der Waals surface area contributed by atoms with Gasteiger partial charge in [0.15, 0.2) is 9.04 Å². The van der Waals surface area contributed by atoms with Crippen molar-refractivity contribution in [3.05, 3.63) is 0 Å². The van der Waals surface area contributed by atoms with Gasteiger partial charge in [0.25, 0.3) is 0 Å². The molecule has 0 aromatic heterocycles. The highest BCUT2D eigenvalue weighted by Gasteiger charge is 2.51. The third-order valence-electron chi connectivity index (χ3n) is 3.41. The van der Waals surface area contributed by atoms with E-state index in [-0.39, 0.29) is 0 Å². The summed E-state index contributed by atoms with van der Waals surface area (Å²) in [4.78, 5) is 0. The van der Waals surface area contributed by atoms with Gasteiger partial charge in [-0.1, -0.05) is 13.3 Å². The predicted molar refractivity (Wildman–Crippen MR) is 68.0 cm³/mol. The maximum absolute atomic E-state index is 5.98. The van der Waals surface area contributed by atoms with Gasteiger partial charge >= 0.3 is 8.80 Å². The summed E-state index contributed by atoms with van der Waals surface area (Å²) in [6, 6.07) is 1.23. The van der Waals surface area contributed by atoms with Crippen molar-refractivity contribution in [2.45, 2.75) is 37.4 Å². The highest BCUT2D eigenvalue weighted by molar-refractivity contribution is 6.78. The third kappa shape index (κ3) is 2.93. The van der Waals surface area contributed by atoms with Gasteiger partial charge in [-0.3, -0.25) is 0 Å². The second-order valence-electron chi connectivity index (χ2n) is 4.14. The molecule has 1 rings (SSSR count). The molecule has 4 nitrogen and oxygen atoms in total. The van der Waals surface area contributed by atoms with Crippen molar-refractivity contribution in [1.82, 2.24) is 0 Å². The molecule has 0 amide bonds. The lowest BCUT2D eigenvalue weighted by Crippen LogP contribution is -2.54. The molecule has 0 bridgehead atoms. The molecule has 1 aliphatic rings. The highest BCUT2D eigenvalue weighted by Crippen LogP contribution is 2.34. The summed E-state index contributed by atoms with van der Waals surface area (Å²) >= 11 is 0. The van der Waals surface area contributed by atoms with Gasteiger partial charge in [-0.25, -0.2) is 0 Å². The first-order valence-corrected chi connectivity index (χ1v) is 9.76. The predicted octanol–water partition coefficient (Wildman–Crippen LogP) is 1.72. The van der Waals surface area contributed by atoms with Crippen LogP contribution in [0.3, 0.4) is 0 Å². The molecular formula is C10H24O4Si2. The third-order valence-corrected chi connectivity index (χ3v) is 11.8. The van der Waals surface area contributed by atoms with E-state index in [2.05, 4.69) is 6.92 Å². The monoisotopic (exact) mass is 264 g/mol. The van der Waals surface area contributed by atoms with Gasteiger partial charge < -0.3 is 17.7 Å². The molecule has 0 saturated carbocycles. The Morgan fingerprint density at radius 3 is 2.19 bits per heavy atom. The van der Waals surface area contributed by atoms with Gasteiger partial charge in [-0.15, -0.1) is 0 Å². The van der Waals surface area contributed by atoms with E-state index in [9.17, 15) is 0 Å². The van der Waals surface area contributed by atoms with Crippen LogP contribution in [0.2, 0.25) is 11.2 Å². The van der Waals surface area contributed by atoms with Crippen LogP contribution in [-0.4, -0.2) is 45.8 Å². The van der Waals surface area contributed by atoms with Crippen LogP contribution in [0.15, 0.2) is 0 Å². The normalized spacial score (nSPS) is 24.4. The molecule has 1 heterocycles. The standard InChI is InChI=1S/C10H24O4Si2/c1-5-10(15-9-7-6-8-14-15)16(11-2,12-3)13-4/h10,15H,5-9H2,1-4H3. The first-order chi connectivity index (χ1) is 7.74. The van der Waals surface area contributed by atoms with Crippen LogP contribution >= 0.6 is 0 Å². The highest BCUT2D eigenvalue weighted by atomic mass is 28.4. The molecule has 0 spiro atoms. The smallest absolute Gasteiger partial charge is 0.420 e. The molecule has 0 N–H and O–H groups in total. The number of rotatable bonds is 6. The van der Waals surface area contributed by atoms with Gasteiger partial charge in [0.05, 0.1) is 0 Å². The summed E-state index contributed by atoms with van der Waals surface area (Å²) < 4.78 is 22.8. The fraction of sp³-hybridized carbons (Fsp3) is 1.00. The fourth-order valence-electron chi connectivity index (χ4n) is 2.53. The van der Waals surface area contributed by atoms with E-state index in [4.69, 9.17) is 17.7 Å². The summed E-state index contributed by atoms with van der Waals surface area (Å²) in [5, 5.41) is 0.382. The van der Waals surface area contributed by atoms with E-state index >= 15 is 0 Å². The van der Waals surface area contributed by atoms with Crippen LogP contribution in [0.25, 0.3) is 0 Å². The van der Waals surface area contributed by atoms with Crippen LogP contribution in [-0.2, 0) is 17.7 Å². The molecule has 2 unspecified atom stereocenters. The Bertz CT molecular complexity index is 185. The molecule has 1 aliphatic heterocycles. The molecule has 1 saturated heterocycles. The maximum Gasteiger partial charge on any atom is 0.502 e. The first-order valence-electron chi connectivity index (χ1n) is 6.01. The van der Waals surface area contributed by atoms with Crippen molar-refractivity contribution in [2.75, 3.05) is 27.9 Å². The van der Waals surface area contributed by atoms with Gasteiger partial charge in [0.1, 0.15) is 0 Å². The molecule has 1 fully saturated rings. The summed E-state index contributed by atoms with van der Waals surface area (Å²) in [6.45, 7) is 3.09. The van der Waals surface area contributed by atoms with Crippen molar-refractivity contribution in [1.29, 1.82) is 0 Å². The summed E-state index contributed by atoms with van der Waals surface area (Å²) in [5.74, 6) is 0. The zero-order valence-electron chi connectivity index (χ0n) is 10.8. The molecule has 0 aromatic rings. The Hall–Kier alpha value is 0.274. The molecule has 0 aromatic carbocycles. The lowest BCUT2D eigenvalue weighted by Gasteiger charge is -2.37. The molecule has 0 radical (unpaired) electrons. The Labute approximate surface area is 101 Å². The van der Waals surface area contributed by atoms with E-state index < -0.39 is 17.8 Å². The lowest BCUT2D eigenvalue weighted by atomic mass is 10.4. The Balaban J connectivity index is 2.76. The quantitative estimate of drug-likeness (QED) is 0.685. The van der Waals surface area contributed by atoms with E-state index in [1.54, 1.807) is 21.3 Å². The summed E-state index contributed by atoms with van der Waals surface area (Å²) in [7, 11) is 1.35. The average Bonchev–Trinajstić information content (AvgIpc) is 2.37. The minimum absolute atomic E-state index is 0.382. The van der Waals surface area contributed by atoms with E-state index in [1.165, 1.54) is 18.9 Å². The largest absolute Gasteiger partial charge is 0.502 e. The Morgan fingerprint density at radius 2 is 1.81 bits per heavy atom. The van der Waals surface area contributed by atoms with E-state index in [1.807, 2.05) is 0 Å². The van der Waals surface area contributed by atoms with Crippen molar-refractivity contribution in [2.24, 2.45) is 0 Å². The molecule has 96 valence electrons. The zero-order valence-corrected chi connectivity index (χ0v) is 13.0. The Kier molecular flexibility index (Phi) is 6.16.